The van der Waals surface area contributed by atoms with E-state index in [1.807, 2.05) is 17.7 Å². The first-order valence-electron chi connectivity index (χ1n) is 4.05. The second-order valence-corrected chi connectivity index (χ2v) is 3.34. The van der Waals surface area contributed by atoms with Crippen LogP contribution in [-0.4, -0.2) is 9.78 Å². The molecular weight excluding hydrogens is 138 g/mol. The molecule has 1 aliphatic carbocycles. The van der Waals surface area contributed by atoms with Gasteiger partial charge in [0.05, 0.1) is 5.69 Å². The van der Waals surface area contributed by atoms with Crippen molar-refractivity contribution in [2.75, 3.05) is 5.73 Å². The van der Waals surface area contributed by atoms with Gasteiger partial charge in [-0.25, -0.2) is 4.68 Å². The number of hydrogen-bond acceptors (Lipinski definition) is 2. The predicted molar refractivity (Wildman–Crippen MR) is 44.1 cm³/mol. The van der Waals surface area contributed by atoms with E-state index in [4.69, 9.17) is 5.73 Å². The van der Waals surface area contributed by atoms with Gasteiger partial charge in [-0.1, -0.05) is 0 Å². The fourth-order valence-corrected chi connectivity index (χ4v) is 1.26. The summed E-state index contributed by atoms with van der Waals surface area (Å²) in [6.07, 6.45) is 2.69. The molecule has 0 saturated heterocycles. The number of hydrogen-bond donors (Lipinski definition) is 1. The van der Waals surface area contributed by atoms with E-state index in [-0.39, 0.29) is 0 Å². The summed E-state index contributed by atoms with van der Waals surface area (Å²) in [5, 5.41) is 4.28. The monoisotopic (exact) mass is 151 g/mol. The summed E-state index contributed by atoms with van der Waals surface area (Å²) in [7, 11) is 0. The molecule has 1 fully saturated rings. The zero-order valence-corrected chi connectivity index (χ0v) is 6.75. The Bertz CT molecular complexity index is 260. The molecule has 1 aromatic rings. The van der Waals surface area contributed by atoms with Crippen molar-refractivity contribution in [3.05, 3.63) is 11.8 Å². The Labute approximate surface area is 66.2 Å². The average Bonchev–Trinajstić information content (AvgIpc) is 2.64. The fraction of sp³-hybridized carbons (Fsp3) is 0.625. The maximum Gasteiger partial charge on any atom is 0.121 e. The van der Waals surface area contributed by atoms with Crippen molar-refractivity contribution in [3.63, 3.8) is 0 Å². The molecule has 2 N–H and O–H groups in total. The standard InChI is InChI=1S/C8H13N3/c1-6-4-8(9)11(10-6)5-7-2-3-7/h4,7H,2-3,5,9H2,1H3. The summed E-state index contributed by atoms with van der Waals surface area (Å²) in [5.74, 6) is 1.64. The lowest BCUT2D eigenvalue weighted by atomic mass is 10.4. The molecule has 2 rings (SSSR count). The van der Waals surface area contributed by atoms with Gasteiger partial charge < -0.3 is 5.73 Å². The third-order valence-electron chi connectivity index (χ3n) is 2.06. The summed E-state index contributed by atoms with van der Waals surface area (Å²) in [4.78, 5) is 0. The molecule has 1 heterocycles. The number of aryl methyl sites for hydroxylation is 1. The van der Waals surface area contributed by atoms with Crippen molar-refractivity contribution in [2.24, 2.45) is 5.92 Å². The van der Waals surface area contributed by atoms with Gasteiger partial charge in [0.2, 0.25) is 0 Å². The van der Waals surface area contributed by atoms with E-state index in [2.05, 4.69) is 5.10 Å². The third-order valence-corrected chi connectivity index (χ3v) is 2.06. The molecule has 3 nitrogen and oxygen atoms in total. The van der Waals surface area contributed by atoms with Gasteiger partial charge in [-0.15, -0.1) is 0 Å². The first-order valence-corrected chi connectivity index (χ1v) is 4.05. The number of nitrogens with two attached hydrogens (primary N) is 1. The van der Waals surface area contributed by atoms with Crippen molar-refractivity contribution in [1.29, 1.82) is 0 Å². The molecule has 60 valence electrons. The average molecular weight is 151 g/mol. The van der Waals surface area contributed by atoms with Gasteiger partial charge in [-0.05, 0) is 25.7 Å². The molecule has 11 heavy (non-hydrogen) atoms. The van der Waals surface area contributed by atoms with Gasteiger partial charge in [0.15, 0.2) is 0 Å². The zero-order valence-electron chi connectivity index (χ0n) is 6.75. The molecule has 1 aromatic heterocycles. The van der Waals surface area contributed by atoms with E-state index >= 15 is 0 Å². The highest BCUT2D eigenvalue weighted by molar-refractivity contribution is 5.30. The second kappa shape index (κ2) is 2.26. The third kappa shape index (κ3) is 1.37. The molecule has 1 aliphatic rings. The summed E-state index contributed by atoms with van der Waals surface area (Å²) in [5.41, 5.74) is 6.73. The van der Waals surface area contributed by atoms with Gasteiger partial charge in [0, 0.05) is 12.6 Å². The second-order valence-electron chi connectivity index (χ2n) is 3.34. The van der Waals surface area contributed by atoms with E-state index < -0.39 is 0 Å². The minimum absolute atomic E-state index is 0.800. The van der Waals surface area contributed by atoms with Gasteiger partial charge in [0.1, 0.15) is 5.82 Å². The number of nitrogens with zero attached hydrogens (tertiary/aromatic N) is 2. The van der Waals surface area contributed by atoms with Crippen LogP contribution in [0.15, 0.2) is 6.07 Å². The van der Waals surface area contributed by atoms with Crippen LogP contribution in [0.5, 0.6) is 0 Å². The van der Waals surface area contributed by atoms with Crippen molar-refractivity contribution < 1.29 is 0 Å². The van der Waals surface area contributed by atoms with Crippen molar-refractivity contribution >= 4 is 5.82 Å². The van der Waals surface area contributed by atoms with Crippen LogP contribution in [0.1, 0.15) is 18.5 Å². The molecule has 0 atom stereocenters. The lowest BCUT2D eigenvalue weighted by Crippen LogP contribution is -2.05. The summed E-state index contributed by atoms with van der Waals surface area (Å²) >= 11 is 0. The van der Waals surface area contributed by atoms with Crippen molar-refractivity contribution in [1.82, 2.24) is 9.78 Å². The van der Waals surface area contributed by atoms with E-state index in [9.17, 15) is 0 Å². The van der Waals surface area contributed by atoms with Crippen molar-refractivity contribution in [3.8, 4) is 0 Å². The molecular formula is C8H13N3. The molecule has 0 unspecified atom stereocenters. The first-order chi connectivity index (χ1) is 5.25. The number of rotatable bonds is 2. The summed E-state index contributed by atoms with van der Waals surface area (Å²) < 4.78 is 1.91. The number of aromatic nitrogens is 2. The van der Waals surface area contributed by atoms with Crippen LogP contribution in [0.4, 0.5) is 5.82 Å². The Balaban J connectivity index is 2.14. The quantitative estimate of drug-likeness (QED) is 0.689. The number of anilines is 1. The van der Waals surface area contributed by atoms with Crippen LogP contribution in [0.25, 0.3) is 0 Å². The topological polar surface area (TPSA) is 43.8 Å². The van der Waals surface area contributed by atoms with E-state index in [0.717, 1.165) is 24.0 Å². The highest BCUT2D eigenvalue weighted by Crippen LogP contribution is 2.31. The molecule has 3 heteroatoms. The molecule has 1 saturated carbocycles. The molecule has 0 radical (unpaired) electrons. The minimum atomic E-state index is 0.800. The first kappa shape index (κ1) is 6.70. The number of nitrogen functional groups attached to an aromatic ring is 1. The Morgan fingerprint density at radius 2 is 2.45 bits per heavy atom. The van der Waals surface area contributed by atoms with Crippen LogP contribution < -0.4 is 5.73 Å². The van der Waals surface area contributed by atoms with Crippen LogP contribution >= 0.6 is 0 Å². The molecule has 0 amide bonds. The van der Waals surface area contributed by atoms with Gasteiger partial charge in [-0.2, -0.15) is 5.10 Å². The van der Waals surface area contributed by atoms with E-state index in [1.165, 1.54) is 12.8 Å². The Morgan fingerprint density at radius 3 is 2.91 bits per heavy atom. The molecule has 0 spiro atoms. The summed E-state index contributed by atoms with van der Waals surface area (Å²) in [6.45, 7) is 2.99. The molecule has 0 bridgehead atoms. The van der Waals surface area contributed by atoms with Gasteiger partial charge in [0.25, 0.3) is 0 Å². The Morgan fingerprint density at radius 1 is 1.73 bits per heavy atom. The van der Waals surface area contributed by atoms with Crippen LogP contribution in [0.2, 0.25) is 0 Å². The van der Waals surface area contributed by atoms with Crippen LogP contribution in [0.3, 0.4) is 0 Å². The van der Waals surface area contributed by atoms with Crippen LogP contribution in [0, 0.1) is 12.8 Å². The SMILES string of the molecule is Cc1cc(N)n(CC2CC2)n1. The highest BCUT2D eigenvalue weighted by atomic mass is 15.3. The van der Waals surface area contributed by atoms with Crippen molar-refractivity contribution in [2.45, 2.75) is 26.3 Å². The summed E-state index contributed by atoms with van der Waals surface area (Å²) in [6, 6.07) is 1.92. The maximum absolute atomic E-state index is 5.72. The molecule has 0 aliphatic heterocycles. The van der Waals surface area contributed by atoms with E-state index in [1.54, 1.807) is 0 Å². The smallest absolute Gasteiger partial charge is 0.121 e. The lowest BCUT2D eigenvalue weighted by Gasteiger charge is -2.00. The van der Waals surface area contributed by atoms with Gasteiger partial charge >= 0.3 is 0 Å². The zero-order chi connectivity index (χ0) is 7.84. The molecule has 0 aromatic carbocycles. The van der Waals surface area contributed by atoms with E-state index in [0.29, 0.717) is 0 Å². The fourth-order valence-electron chi connectivity index (χ4n) is 1.26. The Hall–Kier alpha value is -0.990. The normalized spacial score (nSPS) is 17.2. The maximum atomic E-state index is 5.72. The lowest BCUT2D eigenvalue weighted by molar-refractivity contribution is 0.567. The van der Waals surface area contributed by atoms with Crippen LogP contribution in [-0.2, 0) is 6.54 Å². The predicted octanol–water partition coefficient (Wildman–Crippen LogP) is 1.18. The van der Waals surface area contributed by atoms with Gasteiger partial charge in [-0.3, -0.25) is 0 Å². The highest BCUT2D eigenvalue weighted by Gasteiger charge is 2.22. The largest absolute Gasteiger partial charge is 0.384 e. The minimum Gasteiger partial charge on any atom is -0.384 e. The Kier molecular flexibility index (Phi) is 1.37.